The molecule has 6 nitrogen and oxygen atoms in total. The Morgan fingerprint density at radius 2 is 1.74 bits per heavy atom. The van der Waals surface area contributed by atoms with Gasteiger partial charge in [-0.15, -0.1) is 0 Å². The largest absolute Gasteiger partial charge is 0.462 e. The molecule has 0 saturated carbocycles. The molecule has 3 aromatic carbocycles. The summed E-state index contributed by atoms with van der Waals surface area (Å²) in [5.74, 6) is 0.456. The second-order valence-electron chi connectivity index (χ2n) is 6.73. The molecule has 0 spiro atoms. The van der Waals surface area contributed by atoms with Crippen molar-refractivity contribution in [3.63, 3.8) is 0 Å². The van der Waals surface area contributed by atoms with Gasteiger partial charge in [0, 0.05) is 11.1 Å². The van der Waals surface area contributed by atoms with Gasteiger partial charge in [-0.3, -0.25) is 4.79 Å². The van der Waals surface area contributed by atoms with E-state index in [1.807, 2.05) is 36.4 Å². The van der Waals surface area contributed by atoms with Crippen molar-refractivity contribution in [3.05, 3.63) is 95.7 Å². The number of amides is 1. The molecule has 0 aliphatic rings. The second kappa shape index (κ2) is 9.09. The minimum Gasteiger partial charge on any atom is -0.462 e. The maximum absolute atomic E-state index is 12.5. The number of hydrazone groups is 1. The smallest absolute Gasteiger partial charge is 0.338 e. The fraction of sp³-hybridized carbons (Fsp3) is 0.0800. The average molecular weight is 412 g/mol. The van der Waals surface area contributed by atoms with Crippen molar-refractivity contribution in [2.45, 2.75) is 6.92 Å². The summed E-state index contributed by atoms with van der Waals surface area (Å²) in [6.45, 7) is 2.10. The van der Waals surface area contributed by atoms with E-state index in [2.05, 4.69) is 10.5 Å². The predicted molar refractivity (Wildman–Crippen MR) is 119 cm³/mol. The SMILES string of the molecule is CCOC(=O)c1ccc(-c2ccc(/C=N\NC(=O)c3cccc4ccccc34)o2)cc1. The fourth-order valence-electron chi connectivity index (χ4n) is 3.20. The third-order valence-electron chi connectivity index (χ3n) is 4.70. The van der Waals surface area contributed by atoms with Crippen LogP contribution in [0.4, 0.5) is 0 Å². The Hall–Kier alpha value is -4.19. The van der Waals surface area contributed by atoms with E-state index in [9.17, 15) is 9.59 Å². The van der Waals surface area contributed by atoms with Gasteiger partial charge in [-0.2, -0.15) is 5.10 Å². The van der Waals surface area contributed by atoms with Gasteiger partial charge in [-0.25, -0.2) is 10.2 Å². The molecule has 6 heteroatoms. The lowest BCUT2D eigenvalue weighted by Crippen LogP contribution is -2.17. The highest BCUT2D eigenvalue weighted by Gasteiger charge is 2.10. The number of fused-ring (bicyclic) bond motifs is 1. The van der Waals surface area contributed by atoms with Crippen LogP contribution in [0.2, 0.25) is 0 Å². The Balaban J connectivity index is 1.43. The number of furan rings is 1. The maximum atomic E-state index is 12.5. The molecule has 0 aliphatic carbocycles. The summed E-state index contributed by atoms with van der Waals surface area (Å²) in [5, 5.41) is 5.86. The Labute approximate surface area is 179 Å². The van der Waals surface area contributed by atoms with Gasteiger partial charge in [0.1, 0.15) is 11.5 Å². The topological polar surface area (TPSA) is 80.9 Å². The molecule has 0 unspecified atom stereocenters. The first-order valence-electron chi connectivity index (χ1n) is 9.84. The van der Waals surface area contributed by atoms with E-state index in [4.69, 9.17) is 9.15 Å². The van der Waals surface area contributed by atoms with Gasteiger partial charge in [0.05, 0.1) is 18.4 Å². The molecule has 31 heavy (non-hydrogen) atoms. The van der Waals surface area contributed by atoms with E-state index in [1.54, 1.807) is 49.4 Å². The van der Waals surface area contributed by atoms with Crippen molar-refractivity contribution < 1.29 is 18.7 Å². The molecule has 0 radical (unpaired) electrons. The van der Waals surface area contributed by atoms with Crippen molar-refractivity contribution in [1.29, 1.82) is 0 Å². The lowest BCUT2D eigenvalue weighted by molar-refractivity contribution is 0.0526. The lowest BCUT2D eigenvalue weighted by Gasteiger charge is -2.04. The van der Waals surface area contributed by atoms with E-state index >= 15 is 0 Å². The summed E-state index contributed by atoms with van der Waals surface area (Å²) in [6.07, 6.45) is 1.44. The standard InChI is InChI=1S/C25H20N2O4/c1-2-30-25(29)19-12-10-18(11-13-19)23-15-14-20(31-23)16-26-27-24(28)22-9-5-7-17-6-3-4-8-21(17)22/h3-16H,2H2,1H3,(H,27,28)/b26-16-. The first-order chi connectivity index (χ1) is 15.2. The third-order valence-corrected chi connectivity index (χ3v) is 4.70. The van der Waals surface area contributed by atoms with Crippen molar-refractivity contribution in [3.8, 4) is 11.3 Å². The van der Waals surface area contributed by atoms with E-state index in [0.29, 0.717) is 29.3 Å². The van der Waals surface area contributed by atoms with Gasteiger partial charge in [-0.05, 0) is 48.0 Å². The molecule has 0 bridgehead atoms. The van der Waals surface area contributed by atoms with Crippen molar-refractivity contribution in [2.75, 3.05) is 6.61 Å². The van der Waals surface area contributed by atoms with Crippen molar-refractivity contribution in [1.82, 2.24) is 5.43 Å². The van der Waals surface area contributed by atoms with Gasteiger partial charge in [0.15, 0.2) is 0 Å². The lowest BCUT2D eigenvalue weighted by atomic mass is 10.0. The summed E-state index contributed by atoms with van der Waals surface area (Å²) in [7, 11) is 0. The van der Waals surface area contributed by atoms with Gasteiger partial charge < -0.3 is 9.15 Å². The molecule has 0 atom stereocenters. The minimum absolute atomic E-state index is 0.297. The average Bonchev–Trinajstić information content (AvgIpc) is 3.28. The molecule has 154 valence electrons. The molecule has 1 amide bonds. The zero-order valence-corrected chi connectivity index (χ0v) is 16.9. The van der Waals surface area contributed by atoms with Crippen molar-refractivity contribution >= 4 is 28.9 Å². The van der Waals surface area contributed by atoms with Crippen LogP contribution >= 0.6 is 0 Å². The summed E-state index contributed by atoms with van der Waals surface area (Å²) in [6, 6.07) is 23.7. The molecule has 1 heterocycles. The van der Waals surface area contributed by atoms with Crippen LogP contribution in [0.25, 0.3) is 22.1 Å². The van der Waals surface area contributed by atoms with Gasteiger partial charge in [-0.1, -0.05) is 48.5 Å². The molecule has 0 aliphatic heterocycles. The van der Waals surface area contributed by atoms with Crippen LogP contribution in [0, 0.1) is 0 Å². The summed E-state index contributed by atoms with van der Waals surface area (Å²) < 4.78 is 10.7. The highest BCUT2D eigenvalue weighted by molar-refractivity contribution is 6.07. The molecule has 0 fully saturated rings. The number of hydrogen-bond acceptors (Lipinski definition) is 5. The van der Waals surface area contributed by atoms with Crippen LogP contribution in [0.3, 0.4) is 0 Å². The van der Waals surface area contributed by atoms with Crippen LogP contribution in [0.5, 0.6) is 0 Å². The number of benzene rings is 3. The van der Waals surface area contributed by atoms with Crippen LogP contribution in [0.15, 0.2) is 88.4 Å². The zero-order valence-electron chi connectivity index (χ0n) is 16.9. The number of rotatable bonds is 6. The first-order valence-corrected chi connectivity index (χ1v) is 9.84. The molecule has 4 rings (SSSR count). The fourth-order valence-corrected chi connectivity index (χ4v) is 3.20. The van der Waals surface area contributed by atoms with Gasteiger partial charge in [0.25, 0.3) is 5.91 Å². The van der Waals surface area contributed by atoms with Gasteiger partial charge >= 0.3 is 5.97 Å². The monoisotopic (exact) mass is 412 g/mol. The Bertz CT molecular complexity index is 1250. The van der Waals surface area contributed by atoms with E-state index in [1.165, 1.54) is 6.21 Å². The third kappa shape index (κ3) is 4.53. The van der Waals surface area contributed by atoms with E-state index in [0.717, 1.165) is 16.3 Å². The number of ether oxygens (including phenoxy) is 1. The number of carbonyl (C=O) groups excluding carboxylic acids is 2. The molecule has 4 aromatic rings. The predicted octanol–water partition coefficient (Wildman–Crippen LogP) is 5.04. The van der Waals surface area contributed by atoms with Crippen molar-refractivity contribution in [2.24, 2.45) is 5.10 Å². The number of nitrogens with one attached hydrogen (secondary N) is 1. The summed E-state index contributed by atoms with van der Waals surface area (Å²) in [5.41, 5.74) is 4.39. The molecule has 0 saturated heterocycles. The molecule has 1 aromatic heterocycles. The Morgan fingerprint density at radius 1 is 0.968 bits per heavy atom. The highest BCUT2D eigenvalue weighted by Crippen LogP contribution is 2.22. The number of hydrogen-bond donors (Lipinski definition) is 1. The quantitative estimate of drug-likeness (QED) is 0.273. The normalized spacial score (nSPS) is 11.0. The highest BCUT2D eigenvalue weighted by atomic mass is 16.5. The van der Waals surface area contributed by atoms with Crippen LogP contribution in [0.1, 0.15) is 33.4 Å². The minimum atomic E-state index is -0.358. The summed E-state index contributed by atoms with van der Waals surface area (Å²) >= 11 is 0. The maximum Gasteiger partial charge on any atom is 0.338 e. The molecular formula is C25H20N2O4. The number of esters is 1. The van der Waals surface area contributed by atoms with Crippen LogP contribution in [-0.2, 0) is 4.74 Å². The zero-order chi connectivity index (χ0) is 21.6. The van der Waals surface area contributed by atoms with Gasteiger partial charge in [0.2, 0.25) is 0 Å². The Kier molecular flexibility index (Phi) is 5.89. The molecule has 1 N–H and O–H groups in total. The van der Waals surface area contributed by atoms with E-state index in [-0.39, 0.29) is 11.9 Å². The Morgan fingerprint density at radius 3 is 2.55 bits per heavy atom. The van der Waals surface area contributed by atoms with Crippen LogP contribution < -0.4 is 5.43 Å². The number of nitrogens with zero attached hydrogens (tertiary/aromatic N) is 1. The second-order valence-corrected chi connectivity index (χ2v) is 6.73. The first kappa shape index (κ1) is 20.1. The molecular weight excluding hydrogens is 392 g/mol. The summed E-state index contributed by atoms with van der Waals surface area (Å²) in [4.78, 5) is 24.3. The van der Waals surface area contributed by atoms with E-state index < -0.39 is 0 Å². The van der Waals surface area contributed by atoms with Crippen LogP contribution in [-0.4, -0.2) is 24.7 Å². The number of carbonyl (C=O) groups is 2.